The lowest BCUT2D eigenvalue weighted by atomic mass is 10.1. The van der Waals surface area contributed by atoms with Crippen LogP contribution in [0, 0.1) is 0 Å². The van der Waals surface area contributed by atoms with Gasteiger partial charge < -0.3 is 15.5 Å². The Morgan fingerprint density at radius 2 is 2.22 bits per heavy atom. The van der Waals surface area contributed by atoms with Gasteiger partial charge in [0.05, 0.1) is 0 Å². The third-order valence-corrected chi connectivity index (χ3v) is 3.53. The van der Waals surface area contributed by atoms with Gasteiger partial charge in [0.25, 0.3) is 0 Å². The fourth-order valence-electron chi connectivity index (χ4n) is 2.73. The molecular weight excluding hydrogens is 226 g/mol. The van der Waals surface area contributed by atoms with Crippen molar-refractivity contribution in [2.75, 3.05) is 37.8 Å². The van der Waals surface area contributed by atoms with Gasteiger partial charge >= 0.3 is 0 Å². The quantitative estimate of drug-likeness (QED) is 0.867. The van der Waals surface area contributed by atoms with Crippen molar-refractivity contribution in [1.82, 2.24) is 14.9 Å². The van der Waals surface area contributed by atoms with Gasteiger partial charge in [-0.05, 0) is 33.4 Å². The average Bonchev–Trinajstić information content (AvgIpc) is 2.75. The van der Waals surface area contributed by atoms with E-state index >= 15 is 0 Å². The molecule has 1 saturated heterocycles. The molecule has 1 aromatic heterocycles. The molecule has 0 spiro atoms. The van der Waals surface area contributed by atoms with Gasteiger partial charge in [0, 0.05) is 24.7 Å². The largest absolute Gasteiger partial charge is 0.383 e. The number of nitrogens with zero attached hydrogens (tertiary/aromatic N) is 4. The minimum absolute atomic E-state index is 0.541. The fourth-order valence-corrected chi connectivity index (χ4v) is 2.73. The lowest BCUT2D eigenvalue weighted by Crippen LogP contribution is -2.38. The number of nitrogens with two attached hydrogens (primary N) is 1. The van der Waals surface area contributed by atoms with E-state index in [9.17, 15) is 0 Å². The van der Waals surface area contributed by atoms with E-state index in [0.717, 1.165) is 30.9 Å². The summed E-state index contributed by atoms with van der Waals surface area (Å²) in [5.74, 6) is 1.66. The number of rotatable bonds is 4. The Morgan fingerprint density at radius 1 is 1.44 bits per heavy atom. The van der Waals surface area contributed by atoms with Crippen LogP contribution in [-0.4, -0.2) is 48.1 Å². The molecule has 2 heterocycles. The van der Waals surface area contributed by atoms with Crippen LogP contribution in [-0.2, 0) is 6.42 Å². The van der Waals surface area contributed by atoms with Crippen LogP contribution < -0.4 is 10.6 Å². The number of anilines is 2. The first-order chi connectivity index (χ1) is 8.63. The molecule has 1 atom stereocenters. The lowest BCUT2D eigenvalue weighted by Gasteiger charge is -2.29. The summed E-state index contributed by atoms with van der Waals surface area (Å²) < 4.78 is 0. The number of aromatic nitrogens is 2. The molecule has 2 rings (SSSR count). The van der Waals surface area contributed by atoms with Gasteiger partial charge in [0.2, 0.25) is 0 Å². The zero-order valence-corrected chi connectivity index (χ0v) is 11.6. The van der Waals surface area contributed by atoms with Crippen molar-refractivity contribution in [3.8, 4) is 0 Å². The van der Waals surface area contributed by atoms with Gasteiger partial charge in [-0.3, -0.25) is 0 Å². The second kappa shape index (κ2) is 5.52. The molecule has 2 N–H and O–H groups in total. The van der Waals surface area contributed by atoms with Crippen molar-refractivity contribution in [1.29, 1.82) is 0 Å². The molecular formula is C13H23N5. The number of hydrogen-bond acceptors (Lipinski definition) is 5. The maximum Gasteiger partial charge on any atom is 0.137 e. The summed E-state index contributed by atoms with van der Waals surface area (Å²) in [6.07, 6.45) is 4.92. The highest BCUT2D eigenvalue weighted by Crippen LogP contribution is 2.29. The molecule has 5 heteroatoms. The summed E-state index contributed by atoms with van der Waals surface area (Å²) >= 11 is 0. The van der Waals surface area contributed by atoms with E-state index < -0.39 is 0 Å². The molecule has 0 bridgehead atoms. The van der Waals surface area contributed by atoms with Crippen LogP contribution in [0.2, 0.25) is 0 Å². The van der Waals surface area contributed by atoms with Crippen LogP contribution in [0.3, 0.4) is 0 Å². The summed E-state index contributed by atoms with van der Waals surface area (Å²) in [6.45, 7) is 4.24. The first-order valence-corrected chi connectivity index (χ1v) is 6.64. The van der Waals surface area contributed by atoms with E-state index in [2.05, 4.69) is 40.8 Å². The Balaban J connectivity index is 2.27. The molecule has 0 aliphatic carbocycles. The van der Waals surface area contributed by atoms with Crippen molar-refractivity contribution < 1.29 is 0 Å². The van der Waals surface area contributed by atoms with Crippen LogP contribution in [0.15, 0.2) is 6.33 Å². The first kappa shape index (κ1) is 13.1. The molecule has 18 heavy (non-hydrogen) atoms. The van der Waals surface area contributed by atoms with Gasteiger partial charge in [0.15, 0.2) is 0 Å². The normalized spacial score (nSPS) is 19.8. The Bertz CT molecular complexity index is 404. The molecule has 1 aliphatic rings. The van der Waals surface area contributed by atoms with Crippen molar-refractivity contribution in [3.63, 3.8) is 0 Å². The minimum atomic E-state index is 0.541. The van der Waals surface area contributed by atoms with E-state index in [1.165, 1.54) is 12.8 Å². The molecule has 100 valence electrons. The molecule has 1 aromatic rings. The van der Waals surface area contributed by atoms with Crippen molar-refractivity contribution in [2.45, 2.75) is 32.2 Å². The van der Waals surface area contributed by atoms with Crippen LogP contribution in [0.25, 0.3) is 0 Å². The first-order valence-electron chi connectivity index (χ1n) is 6.64. The second-order valence-corrected chi connectivity index (χ2v) is 5.17. The second-order valence-electron chi connectivity index (χ2n) is 5.17. The Kier molecular flexibility index (Phi) is 4.01. The van der Waals surface area contributed by atoms with E-state index in [1.54, 1.807) is 6.33 Å². The highest BCUT2D eigenvalue weighted by molar-refractivity contribution is 5.57. The predicted molar refractivity (Wildman–Crippen MR) is 74.7 cm³/mol. The van der Waals surface area contributed by atoms with Gasteiger partial charge in [-0.2, -0.15) is 0 Å². The number of nitrogen functional groups attached to an aromatic ring is 1. The third kappa shape index (κ3) is 2.56. The molecule has 0 saturated carbocycles. The zero-order chi connectivity index (χ0) is 13.1. The van der Waals surface area contributed by atoms with Crippen molar-refractivity contribution in [2.24, 2.45) is 0 Å². The monoisotopic (exact) mass is 249 g/mol. The number of hydrogen-bond donors (Lipinski definition) is 1. The van der Waals surface area contributed by atoms with E-state index in [4.69, 9.17) is 5.73 Å². The summed E-state index contributed by atoms with van der Waals surface area (Å²) in [5.41, 5.74) is 7.04. The summed E-state index contributed by atoms with van der Waals surface area (Å²) in [7, 11) is 4.23. The summed E-state index contributed by atoms with van der Waals surface area (Å²) in [4.78, 5) is 13.2. The van der Waals surface area contributed by atoms with Gasteiger partial charge in [0.1, 0.15) is 18.0 Å². The van der Waals surface area contributed by atoms with Gasteiger partial charge in [-0.25, -0.2) is 9.97 Å². The van der Waals surface area contributed by atoms with E-state index in [-0.39, 0.29) is 0 Å². The van der Waals surface area contributed by atoms with Crippen molar-refractivity contribution >= 4 is 11.6 Å². The lowest BCUT2D eigenvalue weighted by molar-refractivity contribution is 0.371. The average molecular weight is 249 g/mol. The highest BCUT2D eigenvalue weighted by atomic mass is 15.3. The minimum Gasteiger partial charge on any atom is -0.383 e. The summed E-state index contributed by atoms with van der Waals surface area (Å²) in [6, 6.07) is 0.541. The maximum absolute atomic E-state index is 5.96. The molecule has 1 fully saturated rings. The Morgan fingerprint density at radius 3 is 2.89 bits per heavy atom. The van der Waals surface area contributed by atoms with Gasteiger partial charge in [-0.15, -0.1) is 0 Å². The van der Waals surface area contributed by atoms with E-state index in [1.807, 2.05) is 0 Å². The molecule has 0 aromatic carbocycles. The van der Waals surface area contributed by atoms with E-state index in [0.29, 0.717) is 11.9 Å². The Labute approximate surface area is 109 Å². The highest BCUT2D eigenvalue weighted by Gasteiger charge is 2.28. The zero-order valence-electron chi connectivity index (χ0n) is 11.6. The maximum atomic E-state index is 5.96. The standard InChI is InChI=1S/C13H23N5/c1-4-11-12(14)15-9-16-13(11)18-7-5-6-10(18)8-17(2)3/h9-10H,4-8H2,1-3H3,(H2,14,15,16). The molecule has 0 radical (unpaired) electrons. The molecule has 0 amide bonds. The molecule has 1 aliphatic heterocycles. The van der Waals surface area contributed by atoms with Crippen LogP contribution in [0.4, 0.5) is 11.6 Å². The van der Waals surface area contributed by atoms with Crippen LogP contribution in [0.1, 0.15) is 25.3 Å². The summed E-state index contributed by atoms with van der Waals surface area (Å²) in [5, 5.41) is 0. The van der Waals surface area contributed by atoms with Crippen molar-refractivity contribution in [3.05, 3.63) is 11.9 Å². The fraction of sp³-hybridized carbons (Fsp3) is 0.692. The predicted octanol–water partition coefficient (Wildman–Crippen LogP) is 1.15. The third-order valence-electron chi connectivity index (χ3n) is 3.53. The Hall–Kier alpha value is -1.36. The van der Waals surface area contributed by atoms with Crippen LogP contribution >= 0.6 is 0 Å². The SMILES string of the molecule is CCc1c(N)ncnc1N1CCCC1CN(C)C. The number of likely N-dealkylation sites (N-methyl/N-ethyl adjacent to an activating group) is 1. The smallest absolute Gasteiger partial charge is 0.137 e. The molecule has 1 unspecified atom stereocenters. The van der Waals surface area contributed by atoms with Crippen LogP contribution in [0.5, 0.6) is 0 Å². The topological polar surface area (TPSA) is 58.3 Å². The molecule has 5 nitrogen and oxygen atoms in total. The van der Waals surface area contributed by atoms with Gasteiger partial charge in [-0.1, -0.05) is 6.92 Å².